The van der Waals surface area contributed by atoms with Crippen molar-refractivity contribution in [2.45, 2.75) is 13.3 Å². The van der Waals surface area contributed by atoms with Gasteiger partial charge in [-0.2, -0.15) is 0 Å². The molecule has 0 aliphatic heterocycles. The van der Waals surface area contributed by atoms with Crippen LogP contribution in [-0.2, 0) is 16.0 Å². The van der Waals surface area contributed by atoms with Crippen LogP contribution in [-0.4, -0.2) is 18.9 Å². The number of carbonyl (C=O) groups excluding carboxylic acids is 2. The van der Waals surface area contributed by atoms with E-state index in [9.17, 15) is 9.59 Å². The molecule has 2 amide bonds. The van der Waals surface area contributed by atoms with Crippen LogP contribution in [0.2, 0.25) is 10.0 Å². The highest BCUT2D eigenvalue weighted by Crippen LogP contribution is 2.23. The van der Waals surface area contributed by atoms with Crippen molar-refractivity contribution >= 4 is 46.4 Å². The number of hydrogen-bond acceptors (Lipinski definition) is 2. The van der Waals surface area contributed by atoms with Crippen LogP contribution in [0, 0.1) is 0 Å². The minimum Gasteiger partial charge on any atom is -0.326 e. The zero-order valence-corrected chi connectivity index (χ0v) is 14.3. The van der Waals surface area contributed by atoms with E-state index >= 15 is 0 Å². The van der Waals surface area contributed by atoms with Crippen molar-refractivity contribution in [3.05, 3.63) is 58.1 Å². The summed E-state index contributed by atoms with van der Waals surface area (Å²) in [6, 6.07) is 12.2. The molecule has 0 fully saturated rings. The van der Waals surface area contributed by atoms with Gasteiger partial charge in [0.05, 0.1) is 16.5 Å². The molecule has 2 rings (SSSR count). The Labute approximate surface area is 145 Å². The van der Waals surface area contributed by atoms with Crippen LogP contribution in [0.15, 0.2) is 42.5 Å². The third-order valence-corrected chi connectivity index (χ3v) is 4.10. The fourth-order valence-corrected chi connectivity index (χ4v) is 2.31. The molecule has 1 N–H and O–H groups in total. The van der Waals surface area contributed by atoms with Crippen LogP contribution in [0.1, 0.15) is 12.5 Å². The van der Waals surface area contributed by atoms with Gasteiger partial charge in [-0.3, -0.25) is 9.59 Å². The SMILES string of the molecule is CC(=O)N(C)c1ccc(NC(=O)Cc2ccc(Cl)c(Cl)c2)cc1. The summed E-state index contributed by atoms with van der Waals surface area (Å²) in [5, 5.41) is 3.69. The lowest BCUT2D eigenvalue weighted by molar-refractivity contribution is -0.116. The lowest BCUT2D eigenvalue weighted by Crippen LogP contribution is -2.22. The van der Waals surface area contributed by atoms with Gasteiger partial charge < -0.3 is 10.2 Å². The van der Waals surface area contributed by atoms with Crippen LogP contribution >= 0.6 is 23.2 Å². The summed E-state index contributed by atoms with van der Waals surface area (Å²) < 4.78 is 0. The molecule has 0 spiro atoms. The summed E-state index contributed by atoms with van der Waals surface area (Å²) in [5.41, 5.74) is 2.21. The number of hydrogen-bond donors (Lipinski definition) is 1. The summed E-state index contributed by atoms with van der Waals surface area (Å²) in [6.07, 6.45) is 0.200. The van der Waals surface area contributed by atoms with E-state index in [-0.39, 0.29) is 18.2 Å². The maximum absolute atomic E-state index is 12.1. The Morgan fingerprint density at radius 1 is 1.04 bits per heavy atom. The highest BCUT2D eigenvalue weighted by molar-refractivity contribution is 6.42. The quantitative estimate of drug-likeness (QED) is 0.899. The van der Waals surface area contributed by atoms with Gasteiger partial charge in [0.1, 0.15) is 0 Å². The number of nitrogens with zero attached hydrogens (tertiary/aromatic N) is 1. The Morgan fingerprint density at radius 3 is 2.26 bits per heavy atom. The number of halogens is 2. The van der Waals surface area contributed by atoms with Crippen molar-refractivity contribution in [3.63, 3.8) is 0 Å². The van der Waals surface area contributed by atoms with E-state index in [0.29, 0.717) is 15.7 Å². The minimum absolute atomic E-state index is 0.0543. The molecular weight excluding hydrogens is 335 g/mol. The predicted octanol–water partition coefficient (Wildman–Crippen LogP) is 4.16. The third-order valence-electron chi connectivity index (χ3n) is 3.36. The minimum atomic E-state index is -0.156. The van der Waals surface area contributed by atoms with Gasteiger partial charge in [-0.15, -0.1) is 0 Å². The van der Waals surface area contributed by atoms with Crippen LogP contribution in [0.25, 0.3) is 0 Å². The molecule has 6 heteroatoms. The lowest BCUT2D eigenvalue weighted by atomic mass is 10.1. The van der Waals surface area contributed by atoms with Crippen molar-refractivity contribution in [1.29, 1.82) is 0 Å². The number of carbonyl (C=O) groups is 2. The Hall–Kier alpha value is -2.04. The zero-order valence-electron chi connectivity index (χ0n) is 12.8. The predicted molar refractivity (Wildman–Crippen MR) is 94.3 cm³/mol. The maximum Gasteiger partial charge on any atom is 0.228 e. The van der Waals surface area contributed by atoms with Gasteiger partial charge in [-0.1, -0.05) is 29.3 Å². The summed E-state index contributed by atoms with van der Waals surface area (Å²) in [5.74, 6) is -0.211. The molecule has 23 heavy (non-hydrogen) atoms. The first-order chi connectivity index (χ1) is 10.9. The molecule has 0 saturated carbocycles. The molecule has 0 bridgehead atoms. The van der Waals surface area contributed by atoms with Gasteiger partial charge in [0.2, 0.25) is 11.8 Å². The standard InChI is InChI=1S/C17H16Cl2N2O2/c1-11(22)21(2)14-6-4-13(5-7-14)20-17(23)10-12-3-8-15(18)16(19)9-12/h3-9H,10H2,1-2H3,(H,20,23). The van der Waals surface area contributed by atoms with Crippen LogP contribution < -0.4 is 10.2 Å². The van der Waals surface area contributed by atoms with Gasteiger partial charge in [-0.05, 0) is 42.0 Å². The van der Waals surface area contributed by atoms with Crippen molar-refractivity contribution in [2.75, 3.05) is 17.3 Å². The highest BCUT2D eigenvalue weighted by Gasteiger charge is 2.08. The summed E-state index contributed by atoms with van der Waals surface area (Å²) in [4.78, 5) is 24.9. The first kappa shape index (κ1) is 17.3. The molecule has 4 nitrogen and oxygen atoms in total. The van der Waals surface area contributed by atoms with E-state index in [1.807, 2.05) is 0 Å². The van der Waals surface area contributed by atoms with Crippen molar-refractivity contribution in [2.24, 2.45) is 0 Å². The average molecular weight is 351 g/mol. The summed E-state index contributed by atoms with van der Waals surface area (Å²) in [6.45, 7) is 1.49. The van der Waals surface area contributed by atoms with Crippen LogP contribution in [0.3, 0.4) is 0 Å². The molecular formula is C17H16Cl2N2O2. The number of nitrogens with one attached hydrogen (secondary N) is 1. The van der Waals surface area contributed by atoms with Gasteiger partial charge in [0, 0.05) is 25.3 Å². The third kappa shape index (κ3) is 4.71. The number of benzene rings is 2. The Balaban J connectivity index is 2.00. The normalized spacial score (nSPS) is 10.3. The van der Waals surface area contributed by atoms with Gasteiger partial charge in [0.25, 0.3) is 0 Å². The summed E-state index contributed by atoms with van der Waals surface area (Å²) >= 11 is 11.8. The number of anilines is 2. The second-order valence-electron chi connectivity index (χ2n) is 5.10. The molecule has 0 saturated heterocycles. The Kier molecular flexibility index (Phi) is 5.64. The first-order valence-electron chi connectivity index (χ1n) is 6.95. The maximum atomic E-state index is 12.1. The van der Waals surface area contributed by atoms with E-state index < -0.39 is 0 Å². The van der Waals surface area contributed by atoms with E-state index in [1.165, 1.54) is 11.8 Å². The van der Waals surface area contributed by atoms with E-state index in [2.05, 4.69) is 5.32 Å². The fourth-order valence-electron chi connectivity index (χ4n) is 1.99. The van der Waals surface area contributed by atoms with E-state index in [1.54, 1.807) is 49.5 Å². The molecule has 0 aliphatic rings. The second kappa shape index (κ2) is 7.49. The van der Waals surface area contributed by atoms with E-state index in [0.717, 1.165) is 11.3 Å². The molecule has 0 aliphatic carbocycles. The average Bonchev–Trinajstić information content (AvgIpc) is 2.51. The molecule has 2 aromatic rings. The second-order valence-corrected chi connectivity index (χ2v) is 5.91. The topological polar surface area (TPSA) is 49.4 Å². The number of amides is 2. The molecule has 0 unspecified atom stereocenters. The largest absolute Gasteiger partial charge is 0.326 e. The van der Waals surface area contributed by atoms with Crippen molar-refractivity contribution < 1.29 is 9.59 Å². The van der Waals surface area contributed by atoms with Gasteiger partial charge >= 0.3 is 0 Å². The highest BCUT2D eigenvalue weighted by atomic mass is 35.5. The van der Waals surface area contributed by atoms with E-state index in [4.69, 9.17) is 23.2 Å². The van der Waals surface area contributed by atoms with Crippen LogP contribution in [0.5, 0.6) is 0 Å². The molecule has 120 valence electrons. The lowest BCUT2D eigenvalue weighted by Gasteiger charge is -2.15. The first-order valence-corrected chi connectivity index (χ1v) is 7.70. The molecule has 0 aromatic heterocycles. The monoisotopic (exact) mass is 350 g/mol. The smallest absolute Gasteiger partial charge is 0.228 e. The molecule has 0 heterocycles. The van der Waals surface area contributed by atoms with Gasteiger partial charge in [-0.25, -0.2) is 0 Å². The van der Waals surface area contributed by atoms with Gasteiger partial charge in [0.15, 0.2) is 0 Å². The van der Waals surface area contributed by atoms with Crippen molar-refractivity contribution in [3.8, 4) is 0 Å². The fraction of sp³-hybridized carbons (Fsp3) is 0.176. The van der Waals surface area contributed by atoms with Crippen molar-refractivity contribution in [1.82, 2.24) is 0 Å². The number of rotatable bonds is 4. The summed E-state index contributed by atoms with van der Waals surface area (Å²) in [7, 11) is 1.69. The molecule has 0 radical (unpaired) electrons. The van der Waals surface area contributed by atoms with Crippen LogP contribution in [0.4, 0.5) is 11.4 Å². The Morgan fingerprint density at radius 2 is 1.70 bits per heavy atom. The zero-order chi connectivity index (χ0) is 17.0. The molecule has 0 atom stereocenters. The molecule has 2 aromatic carbocycles. The Bertz CT molecular complexity index is 730.